The Kier molecular flexibility index (Phi) is 7.44. The van der Waals surface area contributed by atoms with Gasteiger partial charge in [-0.1, -0.05) is 30.3 Å². The number of hydrogen-bond acceptors (Lipinski definition) is 9. The van der Waals surface area contributed by atoms with Gasteiger partial charge >= 0.3 is 6.43 Å². The van der Waals surface area contributed by atoms with E-state index in [1.165, 1.54) is 6.20 Å². The molecule has 0 saturated heterocycles. The van der Waals surface area contributed by atoms with Crippen LogP contribution in [0.3, 0.4) is 0 Å². The fraction of sp³-hybridized carbons (Fsp3) is 0.208. The molecule has 0 unspecified atom stereocenters. The first-order chi connectivity index (χ1) is 17.4. The third-order valence-corrected chi connectivity index (χ3v) is 5.30. The minimum absolute atomic E-state index is 0.173. The van der Waals surface area contributed by atoms with Crippen LogP contribution < -0.4 is 16.0 Å². The van der Waals surface area contributed by atoms with E-state index in [2.05, 4.69) is 36.1 Å². The highest BCUT2D eigenvalue weighted by atomic mass is 19.3. The molecule has 2 heterocycles. The van der Waals surface area contributed by atoms with Gasteiger partial charge in [0.15, 0.2) is 0 Å². The lowest BCUT2D eigenvalue weighted by atomic mass is 10.1. The summed E-state index contributed by atoms with van der Waals surface area (Å²) >= 11 is 0. The van der Waals surface area contributed by atoms with Gasteiger partial charge in [0.2, 0.25) is 5.95 Å². The van der Waals surface area contributed by atoms with Crippen LogP contribution in [0.15, 0.2) is 59.1 Å². The van der Waals surface area contributed by atoms with Crippen molar-refractivity contribution in [3.63, 3.8) is 0 Å². The van der Waals surface area contributed by atoms with Crippen LogP contribution in [0.4, 0.5) is 26.2 Å². The molecule has 0 aliphatic carbocycles. The van der Waals surface area contributed by atoms with Gasteiger partial charge in [-0.05, 0) is 36.2 Å². The van der Waals surface area contributed by atoms with Gasteiger partial charge in [0, 0.05) is 24.5 Å². The summed E-state index contributed by atoms with van der Waals surface area (Å²) in [6, 6.07) is 13.7. The number of carbonyl (C=O) groups is 1. The summed E-state index contributed by atoms with van der Waals surface area (Å²) in [6.07, 6.45) is -1.58. The van der Waals surface area contributed by atoms with E-state index in [-0.39, 0.29) is 35.7 Å². The molecule has 4 rings (SSSR count). The van der Waals surface area contributed by atoms with E-state index in [1.807, 2.05) is 30.3 Å². The van der Waals surface area contributed by atoms with Crippen LogP contribution in [-0.4, -0.2) is 44.8 Å². The Balaban J connectivity index is 1.69. The number of aromatic nitrogens is 4. The molecule has 0 bridgehead atoms. The zero-order valence-corrected chi connectivity index (χ0v) is 19.4. The Morgan fingerprint density at radius 1 is 1.14 bits per heavy atom. The summed E-state index contributed by atoms with van der Waals surface area (Å²) in [5.74, 6) is -0.878. The first kappa shape index (κ1) is 24.7. The Morgan fingerprint density at radius 3 is 2.56 bits per heavy atom. The van der Waals surface area contributed by atoms with Crippen LogP contribution in [0.25, 0.3) is 11.5 Å². The van der Waals surface area contributed by atoms with Crippen LogP contribution in [0.1, 0.15) is 39.8 Å². The zero-order chi connectivity index (χ0) is 25.7. The number of aryl methyl sites for hydroxylation is 1. The number of aliphatic hydroxyl groups is 1. The van der Waals surface area contributed by atoms with E-state index in [0.717, 1.165) is 11.1 Å². The summed E-state index contributed by atoms with van der Waals surface area (Å²) < 4.78 is 31.1. The van der Waals surface area contributed by atoms with Crippen molar-refractivity contribution in [2.45, 2.75) is 19.4 Å². The average Bonchev–Trinajstić information content (AvgIpc) is 3.38. The van der Waals surface area contributed by atoms with E-state index < -0.39 is 18.4 Å². The topological polar surface area (TPSA) is 138 Å². The maximum absolute atomic E-state index is 13.0. The summed E-state index contributed by atoms with van der Waals surface area (Å²) in [5, 5.41) is 25.8. The van der Waals surface area contributed by atoms with Crippen molar-refractivity contribution < 1.29 is 23.1 Å². The Hall–Kier alpha value is -4.45. The van der Waals surface area contributed by atoms with Crippen molar-refractivity contribution in [3.8, 4) is 11.5 Å². The maximum atomic E-state index is 13.0. The molecule has 0 saturated carbocycles. The van der Waals surface area contributed by atoms with Gasteiger partial charge in [0.25, 0.3) is 17.7 Å². The van der Waals surface area contributed by atoms with Gasteiger partial charge in [-0.3, -0.25) is 4.79 Å². The van der Waals surface area contributed by atoms with Crippen LogP contribution in [0, 0.1) is 6.92 Å². The van der Waals surface area contributed by atoms with Crippen molar-refractivity contribution >= 4 is 23.4 Å². The lowest BCUT2D eigenvalue weighted by molar-refractivity contribution is 0.0962. The van der Waals surface area contributed by atoms with E-state index in [9.17, 15) is 18.7 Å². The number of halogens is 2. The van der Waals surface area contributed by atoms with E-state index >= 15 is 0 Å². The fourth-order valence-corrected chi connectivity index (χ4v) is 3.48. The normalized spacial score (nSPS) is 11.8. The number of nitrogens with one attached hydrogen (secondary N) is 3. The number of rotatable bonds is 9. The van der Waals surface area contributed by atoms with Crippen LogP contribution in [-0.2, 0) is 0 Å². The van der Waals surface area contributed by atoms with Gasteiger partial charge in [-0.15, -0.1) is 10.2 Å². The summed E-state index contributed by atoms with van der Waals surface area (Å²) in [5.41, 5.74) is 2.85. The van der Waals surface area contributed by atoms with Crippen molar-refractivity contribution in [1.29, 1.82) is 0 Å². The minimum Gasteiger partial charge on any atom is -0.415 e. The number of alkyl halides is 2. The van der Waals surface area contributed by atoms with E-state index in [1.54, 1.807) is 32.2 Å². The summed E-state index contributed by atoms with van der Waals surface area (Å²) in [4.78, 5) is 20.7. The minimum atomic E-state index is -2.93. The number of hydrogen-bond donors (Lipinski definition) is 4. The molecule has 0 fully saturated rings. The molecular formula is C24H23F2N7O3. The molecule has 0 aliphatic rings. The second-order valence-corrected chi connectivity index (χ2v) is 7.73. The van der Waals surface area contributed by atoms with Gasteiger partial charge in [-0.25, -0.2) is 4.98 Å². The third-order valence-electron chi connectivity index (χ3n) is 5.30. The van der Waals surface area contributed by atoms with Crippen molar-refractivity contribution in [1.82, 2.24) is 25.5 Å². The Morgan fingerprint density at radius 2 is 1.92 bits per heavy atom. The number of benzene rings is 2. The third kappa shape index (κ3) is 5.44. The Bertz CT molecular complexity index is 1350. The molecule has 0 spiro atoms. The molecule has 36 heavy (non-hydrogen) atoms. The van der Waals surface area contributed by atoms with Gasteiger partial charge in [0.1, 0.15) is 5.82 Å². The molecule has 1 amide bonds. The SMILES string of the molecule is CNC(=O)c1ccc(Nc2ncc(-c3nnc(C(F)F)o3)c(N[C@H](CO)c3ccccc3)n2)cc1C. The van der Waals surface area contributed by atoms with Crippen LogP contribution in [0.2, 0.25) is 0 Å². The Labute approximate surface area is 204 Å². The van der Waals surface area contributed by atoms with Crippen molar-refractivity contribution in [2.24, 2.45) is 0 Å². The fourth-order valence-electron chi connectivity index (χ4n) is 3.48. The molecule has 2 aromatic carbocycles. The van der Waals surface area contributed by atoms with E-state index in [0.29, 0.717) is 11.3 Å². The quantitative estimate of drug-likeness (QED) is 0.271. The maximum Gasteiger partial charge on any atom is 0.314 e. The molecule has 0 aliphatic heterocycles. The number of carbonyl (C=O) groups excluding carboxylic acids is 1. The highest BCUT2D eigenvalue weighted by Crippen LogP contribution is 2.31. The predicted octanol–water partition coefficient (Wildman–Crippen LogP) is 4.02. The molecule has 186 valence electrons. The predicted molar refractivity (Wildman–Crippen MR) is 128 cm³/mol. The molecule has 0 radical (unpaired) electrons. The molecule has 12 heteroatoms. The lowest BCUT2D eigenvalue weighted by Gasteiger charge is -2.19. The zero-order valence-electron chi connectivity index (χ0n) is 19.4. The number of amides is 1. The number of nitrogens with zero attached hydrogens (tertiary/aromatic N) is 4. The molecule has 10 nitrogen and oxygen atoms in total. The van der Waals surface area contributed by atoms with E-state index in [4.69, 9.17) is 4.42 Å². The number of aliphatic hydroxyl groups excluding tert-OH is 1. The van der Waals surface area contributed by atoms with Gasteiger partial charge in [0.05, 0.1) is 18.2 Å². The highest BCUT2D eigenvalue weighted by molar-refractivity contribution is 5.95. The summed E-state index contributed by atoms with van der Waals surface area (Å²) in [7, 11) is 1.56. The highest BCUT2D eigenvalue weighted by Gasteiger charge is 2.22. The van der Waals surface area contributed by atoms with Gasteiger partial charge < -0.3 is 25.5 Å². The van der Waals surface area contributed by atoms with Crippen LogP contribution >= 0.6 is 0 Å². The van der Waals surface area contributed by atoms with Crippen LogP contribution in [0.5, 0.6) is 0 Å². The molecule has 4 aromatic rings. The standard InChI is InChI=1S/C24H23F2N7O3/c1-13-10-15(8-9-16(13)21(35)27-2)29-24-28-11-17(22-32-33-23(36-22)19(25)26)20(31-24)30-18(12-34)14-6-4-3-5-7-14/h3-11,18-19,34H,12H2,1-2H3,(H,27,35)(H2,28,29,30,31)/t18-/m1/s1. The molecule has 2 aromatic heterocycles. The monoisotopic (exact) mass is 495 g/mol. The van der Waals surface area contributed by atoms with Gasteiger partial charge in [-0.2, -0.15) is 13.8 Å². The summed E-state index contributed by atoms with van der Waals surface area (Å²) in [6.45, 7) is 1.52. The number of anilines is 3. The second-order valence-electron chi connectivity index (χ2n) is 7.73. The molecule has 4 N–H and O–H groups in total. The van der Waals surface area contributed by atoms with Crippen molar-refractivity contribution in [2.75, 3.05) is 24.3 Å². The second kappa shape index (κ2) is 10.9. The largest absolute Gasteiger partial charge is 0.415 e. The molecule has 1 atom stereocenters. The smallest absolute Gasteiger partial charge is 0.314 e. The lowest BCUT2D eigenvalue weighted by Crippen LogP contribution is -2.19. The first-order valence-electron chi connectivity index (χ1n) is 10.9. The molecular weight excluding hydrogens is 472 g/mol. The first-order valence-corrected chi connectivity index (χ1v) is 10.9. The average molecular weight is 495 g/mol. The van der Waals surface area contributed by atoms with Crippen molar-refractivity contribution in [3.05, 3.63) is 77.3 Å².